The maximum absolute atomic E-state index is 12.9. The van der Waals surface area contributed by atoms with Crippen molar-refractivity contribution in [3.05, 3.63) is 65.2 Å². The predicted molar refractivity (Wildman–Crippen MR) is 130 cm³/mol. The highest BCUT2D eigenvalue weighted by molar-refractivity contribution is 6.07. The molecule has 2 aliphatic rings. The van der Waals surface area contributed by atoms with Crippen LogP contribution in [0, 0.1) is 0 Å². The number of carbonyl (C=O) groups excluding carboxylic acids is 5. The van der Waals surface area contributed by atoms with Crippen LogP contribution in [-0.2, 0) is 36.9 Å². The van der Waals surface area contributed by atoms with Crippen molar-refractivity contribution in [1.82, 2.24) is 15.5 Å². The van der Waals surface area contributed by atoms with Gasteiger partial charge in [-0.05, 0) is 24.1 Å². The lowest BCUT2D eigenvalue weighted by molar-refractivity contribution is -0.141. The summed E-state index contributed by atoms with van der Waals surface area (Å²) in [6.45, 7) is 0.0944. The van der Waals surface area contributed by atoms with E-state index in [0.717, 1.165) is 5.56 Å². The van der Waals surface area contributed by atoms with Crippen molar-refractivity contribution in [2.24, 2.45) is 0 Å². The molecule has 0 aromatic heterocycles. The second kappa shape index (κ2) is 11.0. The summed E-state index contributed by atoms with van der Waals surface area (Å²) >= 11 is 0. The first-order valence-corrected chi connectivity index (χ1v) is 11.9. The van der Waals surface area contributed by atoms with Crippen LogP contribution in [0.3, 0.4) is 0 Å². The quantitative estimate of drug-likeness (QED) is 0.369. The van der Waals surface area contributed by atoms with Crippen LogP contribution < -0.4 is 16.0 Å². The van der Waals surface area contributed by atoms with E-state index in [1.165, 1.54) is 4.90 Å². The summed E-state index contributed by atoms with van der Waals surface area (Å²) < 4.78 is 0. The Kier molecular flexibility index (Phi) is 7.61. The summed E-state index contributed by atoms with van der Waals surface area (Å²) in [6.07, 6.45) is 0.0553. The number of carboxylic acids is 1. The van der Waals surface area contributed by atoms with E-state index in [2.05, 4.69) is 16.0 Å². The second-order valence-electron chi connectivity index (χ2n) is 8.93. The van der Waals surface area contributed by atoms with Crippen molar-refractivity contribution < 1.29 is 33.9 Å². The first-order valence-electron chi connectivity index (χ1n) is 11.9. The molecule has 4 N–H and O–H groups in total. The van der Waals surface area contributed by atoms with Gasteiger partial charge >= 0.3 is 5.97 Å². The zero-order chi connectivity index (χ0) is 26.5. The first-order chi connectivity index (χ1) is 17.7. The zero-order valence-electron chi connectivity index (χ0n) is 19.9. The lowest BCUT2D eigenvalue weighted by Gasteiger charge is -2.29. The van der Waals surface area contributed by atoms with E-state index in [-0.39, 0.29) is 50.5 Å². The van der Waals surface area contributed by atoms with Crippen LogP contribution in [0.4, 0.5) is 5.69 Å². The first kappa shape index (κ1) is 25.5. The molecule has 2 atom stereocenters. The van der Waals surface area contributed by atoms with E-state index >= 15 is 0 Å². The number of benzene rings is 2. The lowest BCUT2D eigenvalue weighted by Crippen LogP contribution is -2.52. The average Bonchev–Trinajstić information content (AvgIpc) is 3.20. The van der Waals surface area contributed by atoms with Crippen molar-refractivity contribution >= 4 is 41.2 Å². The Morgan fingerprint density at radius 2 is 1.73 bits per heavy atom. The number of imide groups is 1. The number of carboxylic acid groups (broad SMARTS) is 1. The Hall–Kier alpha value is -4.54. The molecule has 37 heavy (non-hydrogen) atoms. The van der Waals surface area contributed by atoms with Crippen molar-refractivity contribution in [3.63, 3.8) is 0 Å². The normalized spacial score (nSPS) is 17.6. The van der Waals surface area contributed by atoms with Crippen molar-refractivity contribution in [1.29, 1.82) is 0 Å². The smallest absolute Gasteiger partial charge is 0.326 e. The van der Waals surface area contributed by atoms with Crippen LogP contribution in [0.5, 0.6) is 0 Å². The zero-order valence-corrected chi connectivity index (χ0v) is 19.9. The molecule has 11 heteroatoms. The number of fused-ring (bicyclic) bond motifs is 1. The number of aliphatic carboxylic acids is 1. The molecule has 2 aromatic carbocycles. The Morgan fingerprint density at radius 3 is 2.43 bits per heavy atom. The number of piperidine rings is 1. The Labute approximate surface area is 212 Å². The SMILES string of the molecule is O=C1CCC(N2Cc3c(NC(=O)CCC(=O)N[C@H](Cc4ccccc4)C(=O)O)cccc3C2=O)C(=O)N1. The van der Waals surface area contributed by atoms with Gasteiger partial charge in [-0.3, -0.25) is 29.3 Å². The molecule has 0 radical (unpaired) electrons. The van der Waals surface area contributed by atoms with Gasteiger partial charge in [0.15, 0.2) is 0 Å². The molecular formula is C26H26N4O7. The molecule has 0 bridgehead atoms. The number of amides is 5. The molecule has 4 rings (SSSR count). The molecule has 2 aromatic rings. The maximum atomic E-state index is 12.9. The van der Waals surface area contributed by atoms with Gasteiger partial charge < -0.3 is 20.6 Å². The molecule has 1 fully saturated rings. The molecule has 1 unspecified atom stereocenters. The summed E-state index contributed by atoms with van der Waals surface area (Å²) in [7, 11) is 0. The van der Waals surface area contributed by atoms with Gasteiger partial charge in [-0.2, -0.15) is 0 Å². The van der Waals surface area contributed by atoms with E-state index in [4.69, 9.17) is 0 Å². The van der Waals surface area contributed by atoms with E-state index in [1.54, 1.807) is 48.5 Å². The minimum Gasteiger partial charge on any atom is -0.480 e. The summed E-state index contributed by atoms with van der Waals surface area (Å²) in [5, 5.41) is 16.8. The molecule has 5 amide bonds. The maximum Gasteiger partial charge on any atom is 0.326 e. The minimum atomic E-state index is -1.17. The number of carbonyl (C=O) groups is 6. The third-order valence-electron chi connectivity index (χ3n) is 6.35. The highest BCUT2D eigenvalue weighted by Gasteiger charge is 2.40. The van der Waals surface area contributed by atoms with Crippen LogP contribution in [0.1, 0.15) is 47.2 Å². The van der Waals surface area contributed by atoms with Gasteiger partial charge in [0.1, 0.15) is 12.1 Å². The summed E-state index contributed by atoms with van der Waals surface area (Å²) in [5.41, 5.74) is 2.04. The monoisotopic (exact) mass is 506 g/mol. The molecule has 11 nitrogen and oxygen atoms in total. The molecule has 0 saturated carbocycles. The largest absolute Gasteiger partial charge is 0.480 e. The number of nitrogens with one attached hydrogen (secondary N) is 3. The Balaban J connectivity index is 1.33. The van der Waals surface area contributed by atoms with E-state index in [9.17, 15) is 33.9 Å². The lowest BCUT2D eigenvalue weighted by atomic mass is 10.0. The van der Waals surface area contributed by atoms with Gasteiger partial charge in [-0.1, -0.05) is 36.4 Å². The standard InChI is InChI=1S/C26H26N4O7/c31-21(11-12-22(32)28-19(26(36)37)13-15-5-2-1-3-6-15)27-18-8-4-7-16-17(18)14-30(25(16)35)20-9-10-23(33)29-24(20)34/h1-8,19-20H,9-14H2,(H,27,31)(H,28,32)(H,36,37)(H,29,33,34)/t19-,20?/m1/s1. The van der Waals surface area contributed by atoms with Crippen molar-refractivity contribution in [3.8, 4) is 0 Å². The Morgan fingerprint density at radius 1 is 1.00 bits per heavy atom. The fourth-order valence-electron chi connectivity index (χ4n) is 4.46. The topological polar surface area (TPSA) is 162 Å². The molecule has 192 valence electrons. The number of hydrogen-bond donors (Lipinski definition) is 4. The predicted octanol–water partition coefficient (Wildman–Crippen LogP) is 0.978. The fourth-order valence-corrected chi connectivity index (χ4v) is 4.46. The average molecular weight is 507 g/mol. The second-order valence-corrected chi connectivity index (χ2v) is 8.93. The summed E-state index contributed by atoms with van der Waals surface area (Å²) in [6, 6.07) is 11.8. The van der Waals surface area contributed by atoms with E-state index < -0.39 is 35.8 Å². The number of rotatable bonds is 9. The van der Waals surface area contributed by atoms with Crippen LogP contribution in [0.2, 0.25) is 0 Å². The third-order valence-corrected chi connectivity index (χ3v) is 6.35. The molecule has 0 spiro atoms. The van der Waals surface area contributed by atoms with Gasteiger partial charge in [0, 0.05) is 49.0 Å². The summed E-state index contributed by atoms with van der Waals surface area (Å²) in [5.74, 6) is -3.50. The summed E-state index contributed by atoms with van der Waals surface area (Å²) in [4.78, 5) is 74.5. The highest BCUT2D eigenvalue weighted by Crippen LogP contribution is 2.32. The van der Waals surface area contributed by atoms with Crippen LogP contribution in [0.25, 0.3) is 0 Å². The minimum absolute atomic E-state index is 0.0944. The third kappa shape index (κ3) is 6.00. The highest BCUT2D eigenvalue weighted by atomic mass is 16.4. The number of hydrogen-bond acceptors (Lipinski definition) is 6. The van der Waals surface area contributed by atoms with E-state index in [1.807, 2.05) is 0 Å². The Bertz CT molecular complexity index is 1260. The van der Waals surface area contributed by atoms with Gasteiger partial charge in [-0.15, -0.1) is 0 Å². The van der Waals surface area contributed by atoms with Gasteiger partial charge in [0.25, 0.3) is 5.91 Å². The molecule has 2 heterocycles. The van der Waals surface area contributed by atoms with Gasteiger partial charge in [0.05, 0.1) is 0 Å². The fraction of sp³-hybridized carbons (Fsp3) is 0.308. The van der Waals surface area contributed by atoms with Crippen molar-refractivity contribution in [2.75, 3.05) is 5.32 Å². The number of nitrogens with zero attached hydrogens (tertiary/aromatic N) is 1. The van der Waals surface area contributed by atoms with E-state index in [0.29, 0.717) is 16.8 Å². The molecular weight excluding hydrogens is 480 g/mol. The van der Waals surface area contributed by atoms with Crippen LogP contribution in [-0.4, -0.2) is 57.6 Å². The van der Waals surface area contributed by atoms with Crippen LogP contribution >= 0.6 is 0 Å². The molecule has 1 saturated heterocycles. The number of anilines is 1. The van der Waals surface area contributed by atoms with Gasteiger partial charge in [-0.25, -0.2) is 4.79 Å². The van der Waals surface area contributed by atoms with Crippen molar-refractivity contribution in [2.45, 2.75) is 50.7 Å². The molecule has 0 aliphatic carbocycles. The van der Waals surface area contributed by atoms with Crippen LogP contribution in [0.15, 0.2) is 48.5 Å². The molecule has 2 aliphatic heterocycles. The van der Waals surface area contributed by atoms with Gasteiger partial charge in [0.2, 0.25) is 23.6 Å².